The smallest absolute Gasteiger partial charge is 0.0251 e. The van der Waals surface area contributed by atoms with Crippen molar-refractivity contribution in [3.8, 4) is 0 Å². The second kappa shape index (κ2) is 6.39. The average molecular weight is 186 g/mol. The molecule has 0 unspecified atom stereocenters. The molecule has 0 aliphatic heterocycles. The van der Waals surface area contributed by atoms with Gasteiger partial charge in [-0.3, -0.25) is 0 Å². The van der Waals surface area contributed by atoms with Crippen LogP contribution in [0.5, 0.6) is 0 Å². The van der Waals surface area contributed by atoms with Gasteiger partial charge < -0.3 is 10.2 Å². The molecule has 0 aromatic carbocycles. The largest absolute Gasteiger partial charge is 0.311 e. The number of hydrogen-bond acceptors (Lipinski definition) is 2. The van der Waals surface area contributed by atoms with Crippen molar-refractivity contribution in [1.29, 1.82) is 0 Å². The highest BCUT2D eigenvalue weighted by Gasteiger charge is 2.17. The summed E-state index contributed by atoms with van der Waals surface area (Å²) < 4.78 is 0. The van der Waals surface area contributed by atoms with E-state index in [1.54, 1.807) is 0 Å². The average Bonchev–Trinajstić information content (AvgIpc) is 1.99. The SMILES string of the molecule is CCCCN(C)CC(C)(C)NCC. The molecule has 80 valence electrons. The van der Waals surface area contributed by atoms with Crippen molar-refractivity contribution in [3.05, 3.63) is 0 Å². The van der Waals surface area contributed by atoms with Crippen molar-refractivity contribution >= 4 is 0 Å². The molecule has 0 rings (SSSR count). The van der Waals surface area contributed by atoms with E-state index in [0.717, 1.165) is 13.1 Å². The maximum atomic E-state index is 3.49. The molecule has 0 radical (unpaired) electrons. The van der Waals surface area contributed by atoms with E-state index in [2.05, 4.69) is 45.0 Å². The number of hydrogen-bond donors (Lipinski definition) is 1. The van der Waals surface area contributed by atoms with Crippen LogP contribution in [-0.4, -0.2) is 37.1 Å². The second-order valence-corrected chi connectivity index (χ2v) is 4.51. The van der Waals surface area contributed by atoms with Gasteiger partial charge in [0, 0.05) is 12.1 Å². The number of unbranched alkanes of at least 4 members (excludes halogenated alkanes) is 1. The van der Waals surface area contributed by atoms with Crippen molar-refractivity contribution in [2.45, 2.75) is 46.1 Å². The van der Waals surface area contributed by atoms with Gasteiger partial charge in [0.15, 0.2) is 0 Å². The van der Waals surface area contributed by atoms with E-state index in [1.165, 1.54) is 19.4 Å². The fourth-order valence-electron chi connectivity index (χ4n) is 1.72. The second-order valence-electron chi connectivity index (χ2n) is 4.51. The molecule has 0 bridgehead atoms. The van der Waals surface area contributed by atoms with Gasteiger partial charge in [0.2, 0.25) is 0 Å². The molecule has 0 aliphatic rings. The van der Waals surface area contributed by atoms with E-state index >= 15 is 0 Å². The summed E-state index contributed by atoms with van der Waals surface area (Å²) in [6.45, 7) is 12.3. The molecule has 0 saturated heterocycles. The lowest BCUT2D eigenvalue weighted by molar-refractivity contribution is 0.235. The van der Waals surface area contributed by atoms with Gasteiger partial charge in [-0.25, -0.2) is 0 Å². The zero-order chi connectivity index (χ0) is 10.3. The van der Waals surface area contributed by atoms with E-state index < -0.39 is 0 Å². The van der Waals surface area contributed by atoms with Crippen LogP contribution in [0.1, 0.15) is 40.5 Å². The Kier molecular flexibility index (Phi) is 6.35. The number of nitrogens with one attached hydrogen (secondary N) is 1. The normalized spacial score (nSPS) is 12.5. The fraction of sp³-hybridized carbons (Fsp3) is 1.00. The van der Waals surface area contributed by atoms with Crippen LogP contribution in [0.15, 0.2) is 0 Å². The Hall–Kier alpha value is -0.0800. The van der Waals surface area contributed by atoms with Gasteiger partial charge in [-0.15, -0.1) is 0 Å². The number of nitrogens with zero attached hydrogens (tertiary/aromatic N) is 1. The van der Waals surface area contributed by atoms with Crippen LogP contribution in [0.4, 0.5) is 0 Å². The molecule has 1 N–H and O–H groups in total. The van der Waals surface area contributed by atoms with Crippen LogP contribution >= 0.6 is 0 Å². The highest BCUT2D eigenvalue weighted by molar-refractivity contribution is 4.79. The van der Waals surface area contributed by atoms with E-state index in [4.69, 9.17) is 0 Å². The summed E-state index contributed by atoms with van der Waals surface area (Å²) in [6, 6.07) is 0. The van der Waals surface area contributed by atoms with Gasteiger partial charge in [0.1, 0.15) is 0 Å². The van der Waals surface area contributed by atoms with E-state index in [0.29, 0.717) is 0 Å². The van der Waals surface area contributed by atoms with Crippen molar-refractivity contribution in [2.24, 2.45) is 0 Å². The Morgan fingerprint density at radius 3 is 2.31 bits per heavy atom. The first-order valence-corrected chi connectivity index (χ1v) is 5.45. The van der Waals surface area contributed by atoms with Crippen LogP contribution in [0.3, 0.4) is 0 Å². The Labute approximate surface area is 83.7 Å². The fourth-order valence-corrected chi connectivity index (χ4v) is 1.72. The Morgan fingerprint density at radius 2 is 1.85 bits per heavy atom. The van der Waals surface area contributed by atoms with Crippen LogP contribution in [0.25, 0.3) is 0 Å². The third kappa shape index (κ3) is 7.03. The minimum Gasteiger partial charge on any atom is -0.311 e. The van der Waals surface area contributed by atoms with Gasteiger partial charge in [-0.05, 0) is 40.4 Å². The summed E-state index contributed by atoms with van der Waals surface area (Å²) in [5, 5.41) is 3.49. The standard InChI is InChI=1S/C11H26N2/c1-6-8-9-13(5)10-11(3,4)12-7-2/h12H,6-10H2,1-5H3. The topological polar surface area (TPSA) is 15.3 Å². The Bertz CT molecular complexity index is 121. The molecule has 0 aliphatic carbocycles. The molecule has 2 heteroatoms. The van der Waals surface area contributed by atoms with E-state index in [1.807, 2.05) is 0 Å². The third-order valence-corrected chi connectivity index (χ3v) is 2.21. The maximum Gasteiger partial charge on any atom is 0.0251 e. The van der Waals surface area contributed by atoms with Crippen molar-refractivity contribution in [3.63, 3.8) is 0 Å². The van der Waals surface area contributed by atoms with E-state index in [9.17, 15) is 0 Å². The first-order valence-electron chi connectivity index (χ1n) is 5.45. The highest BCUT2D eigenvalue weighted by atomic mass is 15.1. The lowest BCUT2D eigenvalue weighted by atomic mass is 10.1. The summed E-state index contributed by atoms with van der Waals surface area (Å²) in [4.78, 5) is 2.41. The van der Waals surface area contributed by atoms with E-state index in [-0.39, 0.29) is 5.54 Å². The van der Waals surface area contributed by atoms with Crippen molar-refractivity contribution < 1.29 is 0 Å². The lowest BCUT2D eigenvalue weighted by Crippen LogP contribution is -2.48. The lowest BCUT2D eigenvalue weighted by Gasteiger charge is -2.31. The third-order valence-electron chi connectivity index (χ3n) is 2.21. The van der Waals surface area contributed by atoms with Gasteiger partial charge in [0.05, 0.1) is 0 Å². The molecule has 0 aromatic rings. The summed E-state index contributed by atoms with van der Waals surface area (Å²) in [5.74, 6) is 0. The predicted molar refractivity (Wildman–Crippen MR) is 60.2 cm³/mol. The number of rotatable bonds is 7. The van der Waals surface area contributed by atoms with Crippen molar-refractivity contribution in [2.75, 3.05) is 26.7 Å². The van der Waals surface area contributed by atoms with Gasteiger partial charge in [-0.2, -0.15) is 0 Å². The monoisotopic (exact) mass is 186 g/mol. The molecule has 2 nitrogen and oxygen atoms in total. The highest BCUT2D eigenvalue weighted by Crippen LogP contribution is 2.04. The molecule has 0 amide bonds. The summed E-state index contributed by atoms with van der Waals surface area (Å²) in [7, 11) is 2.20. The van der Waals surface area contributed by atoms with Gasteiger partial charge in [-0.1, -0.05) is 20.3 Å². The Morgan fingerprint density at radius 1 is 1.23 bits per heavy atom. The zero-order valence-electron chi connectivity index (χ0n) is 9.98. The van der Waals surface area contributed by atoms with Gasteiger partial charge >= 0.3 is 0 Å². The summed E-state index contributed by atoms with van der Waals surface area (Å²) in [5.41, 5.74) is 0.247. The number of likely N-dealkylation sites (N-methyl/N-ethyl adjacent to an activating group) is 2. The van der Waals surface area contributed by atoms with Crippen LogP contribution in [0.2, 0.25) is 0 Å². The van der Waals surface area contributed by atoms with Crippen molar-refractivity contribution in [1.82, 2.24) is 10.2 Å². The molecular weight excluding hydrogens is 160 g/mol. The molecule has 13 heavy (non-hydrogen) atoms. The molecule has 0 saturated carbocycles. The molecule has 0 fully saturated rings. The van der Waals surface area contributed by atoms with Crippen LogP contribution < -0.4 is 5.32 Å². The predicted octanol–water partition coefficient (Wildman–Crippen LogP) is 2.11. The first-order chi connectivity index (χ1) is 6.02. The summed E-state index contributed by atoms with van der Waals surface area (Å²) in [6.07, 6.45) is 2.59. The molecule has 0 aromatic heterocycles. The zero-order valence-corrected chi connectivity index (χ0v) is 9.98. The van der Waals surface area contributed by atoms with Gasteiger partial charge in [0.25, 0.3) is 0 Å². The summed E-state index contributed by atoms with van der Waals surface area (Å²) >= 11 is 0. The minimum atomic E-state index is 0.247. The van der Waals surface area contributed by atoms with Crippen LogP contribution in [0, 0.1) is 0 Å². The maximum absolute atomic E-state index is 3.49. The quantitative estimate of drug-likeness (QED) is 0.655. The molecule has 0 spiro atoms. The van der Waals surface area contributed by atoms with Crippen LogP contribution in [-0.2, 0) is 0 Å². The Balaban J connectivity index is 3.68. The molecule has 0 atom stereocenters. The first kappa shape index (κ1) is 12.9. The minimum absolute atomic E-state index is 0.247. The molecular formula is C11H26N2. The molecule has 0 heterocycles.